The normalized spacial score (nSPS) is 14.9. The number of hydrogen-bond donors (Lipinski definition) is 3. The van der Waals surface area contributed by atoms with Gasteiger partial charge in [-0.05, 0) is 18.2 Å². The van der Waals surface area contributed by atoms with Crippen molar-refractivity contribution in [3.8, 4) is 0 Å². The number of halogens is 3. The van der Waals surface area contributed by atoms with Crippen LogP contribution in [-0.4, -0.2) is 22.1 Å². The minimum atomic E-state index is -1.44. The minimum absolute atomic E-state index is 0.193. The maximum Gasteiger partial charge on any atom is 0.150 e. The van der Waals surface area contributed by atoms with E-state index in [9.17, 15) is 19.0 Å². The fourth-order valence-electron chi connectivity index (χ4n) is 1.27. The second-order valence-corrected chi connectivity index (χ2v) is 4.11. The van der Waals surface area contributed by atoms with Crippen LogP contribution in [-0.2, 0) is 0 Å². The highest BCUT2D eigenvalue weighted by molar-refractivity contribution is 7.80. The number of aliphatic hydroxyl groups is 2. The lowest BCUT2D eigenvalue weighted by atomic mass is 10.0. The molecule has 2 nitrogen and oxygen atoms in total. The number of aliphatic hydroxyl groups excluding tert-OH is 2. The van der Waals surface area contributed by atoms with E-state index in [0.29, 0.717) is 5.75 Å². The Morgan fingerprint density at radius 3 is 2.50 bits per heavy atom. The molecule has 0 bridgehead atoms. The lowest BCUT2D eigenvalue weighted by molar-refractivity contribution is 0.0151. The van der Waals surface area contributed by atoms with Gasteiger partial charge in [0.05, 0.1) is 6.10 Å². The third-order valence-corrected chi connectivity index (χ3v) is 2.78. The lowest BCUT2D eigenvalue weighted by Crippen LogP contribution is -2.20. The molecule has 2 N–H and O–H groups in total. The lowest BCUT2D eigenvalue weighted by Gasteiger charge is -2.18. The average Bonchev–Trinajstić information content (AvgIpc) is 2.26. The second kappa shape index (κ2) is 5.82. The van der Waals surface area contributed by atoms with Crippen LogP contribution < -0.4 is 0 Å². The zero-order chi connectivity index (χ0) is 12.3. The Hall–Kier alpha value is -0.360. The van der Waals surface area contributed by atoms with Crippen LogP contribution in [0.3, 0.4) is 0 Å². The van der Waals surface area contributed by atoms with E-state index in [-0.39, 0.29) is 12.0 Å². The fourth-order valence-corrected chi connectivity index (χ4v) is 1.70. The topological polar surface area (TPSA) is 40.5 Å². The van der Waals surface area contributed by atoms with Crippen LogP contribution in [0.1, 0.15) is 18.1 Å². The van der Waals surface area contributed by atoms with Crippen LogP contribution in [0.25, 0.3) is 0 Å². The van der Waals surface area contributed by atoms with E-state index in [2.05, 4.69) is 12.6 Å². The van der Waals surface area contributed by atoms with Gasteiger partial charge in [0.2, 0.25) is 0 Å². The molecule has 0 saturated carbocycles. The second-order valence-electron chi connectivity index (χ2n) is 3.29. The smallest absolute Gasteiger partial charge is 0.150 e. The molecule has 1 rings (SSSR count). The summed E-state index contributed by atoms with van der Waals surface area (Å²) in [6.07, 6.45) is -2.41. The molecule has 0 aliphatic rings. The zero-order valence-electron chi connectivity index (χ0n) is 8.20. The van der Waals surface area contributed by atoms with Gasteiger partial charge in [-0.1, -0.05) is 17.7 Å². The Morgan fingerprint density at radius 1 is 1.31 bits per heavy atom. The van der Waals surface area contributed by atoms with Gasteiger partial charge in [-0.2, -0.15) is 12.6 Å². The first-order valence-corrected chi connectivity index (χ1v) is 5.60. The zero-order valence-corrected chi connectivity index (χ0v) is 9.85. The van der Waals surface area contributed by atoms with Crippen LogP contribution in [0.4, 0.5) is 8.78 Å². The van der Waals surface area contributed by atoms with E-state index in [1.807, 2.05) is 0 Å². The van der Waals surface area contributed by atoms with Crippen molar-refractivity contribution >= 4 is 24.2 Å². The molecule has 0 amide bonds. The third kappa shape index (κ3) is 2.85. The number of thiol groups is 1. The van der Waals surface area contributed by atoms with Gasteiger partial charge in [-0.25, -0.2) is 8.78 Å². The SMILES string of the molecule is OC(CCS)C(O)c1ccc(F)c(Cl)c1F. The van der Waals surface area contributed by atoms with Gasteiger partial charge in [0.1, 0.15) is 16.9 Å². The summed E-state index contributed by atoms with van der Waals surface area (Å²) in [5.74, 6) is -1.61. The van der Waals surface area contributed by atoms with Crippen LogP contribution >= 0.6 is 24.2 Å². The predicted molar refractivity (Wildman–Crippen MR) is 60.8 cm³/mol. The molecule has 1 aromatic rings. The number of benzene rings is 1. The Morgan fingerprint density at radius 2 is 1.94 bits per heavy atom. The molecule has 0 fully saturated rings. The molecule has 90 valence electrons. The first-order chi connectivity index (χ1) is 7.49. The Labute approximate surface area is 102 Å². The number of rotatable bonds is 4. The van der Waals surface area contributed by atoms with E-state index in [1.165, 1.54) is 0 Å². The van der Waals surface area contributed by atoms with E-state index >= 15 is 0 Å². The summed E-state index contributed by atoms with van der Waals surface area (Å²) in [7, 11) is 0. The molecule has 1 aromatic carbocycles. The number of hydrogen-bond acceptors (Lipinski definition) is 3. The molecule has 0 saturated heterocycles. The van der Waals surface area contributed by atoms with Gasteiger partial charge in [0, 0.05) is 5.56 Å². The van der Waals surface area contributed by atoms with Gasteiger partial charge >= 0.3 is 0 Å². The summed E-state index contributed by atoms with van der Waals surface area (Å²) >= 11 is 9.23. The fraction of sp³-hybridized carbons (Fsp3) is 0.400. The molecule has 0 radical (unpaired) electrons. The highest BCUT2D eigenvalue weighted by Gasteiger charge is 2.23. The van der Waals surface area contributed by atoms with E-state index in [4.69, 9.17) is 11.6 Å². The average molecular weight is 269 g/mol. The summed E-state index contributed by atoms with van der Waals surface area (Å²) in [6, 6.07) is 2.00. The maximum absolute atomic E-state index is 13.5. The quantitative estimate of drug-likeness (QED) is 0.579. The third-order valence-electron chi connectivity index (χ3n) is 2.17. The molecular weight excluding hydrogens is 258 g/mol. The first kappa shape index (κ1) is 13.7. The molecule has 0 aliphatic heterocycles. The van der Waals surface area contributed by atoms with Gasteiger partial charge in [-0.15, -0.1) is 0 Å². The highest BCUT2D eigenvalue weighted by atomic mass is 35.5. The van der Waals surface area contributed by atoms with Crippen molar-refractivity contribution < 1.29 is 19.0 Å². The summed E-state index contributed by atoms with van der Waals surface area (Å²) in [6.45, 7) is 0. The standard InChI is InChI=1S/C10H11ClF2O2S/c11-8-6(12)2-1-5(9(8)13)10(15)7(14)3-4-16/h1-2,7,10,14-16H,3-4H2. The molecule has 0 heterocycles. The molecule has 0 aliphatic carbocycles. The van der Waals surface area contributed by atoms with E-state index < -0.39 is 28.9 Å². The molecular formula is C10H11ClF2O2S. The maximum atomic E-state index is 13.5. The molecule has 2 unspecified atom stereocenters. The van der Waals surface area contributed by atoms with Crippen LogP contribution in [0.15, 0.2) is 12.1 Å². The van der Waals surface area contributed by atoms with Crippen molar-refractivity contribution in [1.82, 2.24) is 0 Å². The molecule has 16 heavy (non-hydrogen) atoms. The van der Waals surface area contributed by atoms with Gasteiger partial charge in [0.15, 0.2) is 5.82 Å². The minimum Gasteiger partial charge on any atom is -0.390 e. The highest BCUT2D eigenvalue weighted by Crippen LogP contribution is 2.28. The monoisotopic (exact) mass is 268 g/mol. The van der Waals surface area contributed by atoms with Crippen molar-refractivity contribution in [1.29, 1.82) is 0 Å². The predicted octanol–water partition coefficient (Wildman–Crippen LogP) is 2.33. The van der Waals surface area contributed by atoms with Crippen LogP contribution in [0, 0.1) is 11.6 Å². The first-order valence-electron chi connectivity index (χ1n) is 4.59. The van der Waals surface area contributed by atoms with Gasteiger partial charge in [-0.3, -0.25) is 0 Å². The summed E-state index contributed by atoms with van der Waals surface area (Å²) in [5, 5.41) is 18.4. The summed E-state index contributed by atoms with van der Waals surface area (Å²) < 4.78 is 26.3. The van der Waals surface area contributed by atoms with Gasteiger partial charge in [0.25, 0.3) is 0 Å². The molecule has 0 aromatic heterocycles. The Bertz CT molecular complexity index is 376. The molecule has 6 heteroatoms. The Kier molecular flexibility index (Phi) is 4.98. The van der Waals surface area contributed by atoms with Crippen LogP contribution in [0.2, 0.25) is 5.02 Å². The van der Waals surface area contributed by atoms with E-state index in [1.54, 1.807) is 0 Å². The van der Waals surface area contributed by atoms with Crippen LogP contribution in [0.5, 0.6) is 0 Å². The largest absolute Gasteiger partial charge is 0.390 e. The van der Waals surface area contributed by atoms with Crippen molar-refractivity contribution in [3.05, 3.63) is 34.4 Å². The van der Waals surface area contributed by atoms with E-state index in [0.717, 1.165) is 12.1 Å². The van der Waals surface area contributed by atoms with Gasteiger partial charge < -0.3 is 10.2 Å². The Balaban J connectivity index is 3.00. The molecule has 2 atom stereocenters. The van der Waals surface area contributed by atoms with Crippen molar-refractivity contribution in [2.24, 2.45) is 0 Å². The van der Waals surface area contributed by atoms with Crippen molar-refractivity contribution in [2.45, 2.75) is 18.6 Å². The summed E-state index contributed by atoms with van der Waals surface area (Å²) in [4.78, 5) is 0. The van der Waals surface area contributed by atoms with Crippen molar-refractivity contribution in [3.63, 3.8) is 0 Å². The summed E-state index contributed by atoms with van der Waals surface area (Å²) in [5.41, 5.74) is -0.222. The van der Waals surface area contributed by atoms with Crippen molar-refractivity contribution in [2.75, 3.05) is 5.75 Å². The molecule has 0 spiro atoms.